The van der Waals surface area contributed by atoms with Gasteiger partial charge in [0.15, 0.2) is 17.4 Å². The number of nitrogens with zero attached hydrogens (tertiary/aromatic N) is 1. The summed E-state index contributed by atoms with van der Waals surface area (Å²) in [5.74, 6) is -3.52. The quantitative estimate of drug-likeness (QED) is 0.282. The van der Waals surface area contributed by atoms with Gasteiger partial charge in [0.2, 0.25) is 5.82 Å². The summed E-state index contributed by atoms with van der Waals surface area (Å²) in [6, 6.07) is 11.2. The molecule has 0 spiro atoms. The van der Waals surface area contributed by atoms with E-state index in [1.165, 1.54) is 0 Å². The fraction of sp³-hybridized carbons (Fsp3) is 0.208. The lowest BCUT2D eigenvalue weighted by Crippen LogP contribution is -2.20. The SMILES string of the molecule is Cc1c(COc2ccc(F)c(F)c2F)oc2cccc(OCCNCc3cccnc3)c12. The first-order valence-corrected chi connectivity index (χ1v) is 10.0. The van der Waals surface area contributed by atoms with E-state index in [2.05, 4.69) is 10.3 Å². The number of hydrogen-bond donors (Lipinski definition) is 1. The van der Waals surface area contributed by atoms with E-state index in [0.717, 1.165) is 28.6 Å². The number of rotatable bonds is 9. The minimum Gasteiger partial charge on any atom is -0.491 e. The van der Waals surface area contributed by atoms with Crippen LogP contribution in [0.5, 0.6) is 11.5 Å². The molecule has 166 valence electrons. The molecule has 0 saturated heterocycles. The lowest BCUT2D eigenvalue weighted by Gasteiger charge is -2.09. The summed E-state index contributed by atoms with van der Waals surface area (Å²) < 4.78 is 57.4. The summed E-state index contributed by atoms with van der Waals surface area (Å²) in [5, 5.41) is 4.07. The second-order valence-electron chi connectivity index (χ2n) is 7.13. The third-order valence-electron chi connectivity index (χ3n) is 4.96. The molecule has 4 rings (SSSR count). The van der Waals surface area contributed by atoms with E-state index >= 15 is 0 Å². The van der Waals surface area contributed by atoms with Gasteiger partial charge in [0, 0.05) is 31.0 Å². The Morgan fingerprint density at radius 2 is 1.84 bits per heavy atom. The highest BCUT2D eigenvalue weighted by Gasteiger charge is 2.18. The summed E-state index contributed by atoms with van der Waals surface area (Å²) >= 11 is 0. The first kappa shape index (κ1) is 21.7. The Bertz CT molecular complexity index is 1210. The van der Waals surface area contributed by atoms with E-state index in [9.17, 15) is 13.2 Å². The summed E-state index contributed by atoms with van der Waals surface area (Å²) in [4.78, 5) is 4.08. The third kappa shape index (κ3) is 4.70. The zero-order chi connectivity index (χ0) is 22.5. The zero-order valence-electron chi connectivity index (χ0n) is 17.3. The average molecular weight is 442 g/mol. The molecular formula is C24H21F3N2O3. The lowest BCUT2D eigenvalue weighted by atomic mass is 10.1. The van der Waals surface area contributed by atoms with Crippen molar-refractivity contribution in [2.24, 2.45) is 0 Å². The van der Waals surface area contributed by atoms with Crippen molar-refractivity contribution in [1.82, 2.24) is 10.3 Å². The highest BCUT2D eigenvalue weighted by atomic mass is 19.2. The van der Waals surface area contributed by atoms with Gasteiger partial charge in [-0.3, -0.25) is 4.98 Å². The van der Waals surface area contributed by atoms with Gasteiger partial charge in [-0.15, -0.1) is 0 Å². The van der Waals surface area contributed by atoms with Crippen molar-refractivity contribution in [1.29, 1.82) is 0 Å². The zero-order valence-corrected chi connectivity index (χ0v) is 17.3. The van der Waals surface area contributed by atoms with E-state index < -0.39 is 17.5 Å². The number of aromatic nitrogens is 1. The molecule has 5 nitrogen and oxygen atoms in total. The number of furan rings is 1. The Hall–Kier alpha value is -3.52. The van der Waals surface area contributed by atoms with Gasteiger partial charge in [-0.1, -0.05) is 12.1 Å². The van der Waals surface area contributed by atoms with Crippen molar-refractivity contribution >= 4 is 11.0 Å². The molecule has 2 aromatic heterocycles. The minimum atomic E-state index is -1.57. The van der Waals surface area contributed by atoms with Gasteiger partial charge in [0.05, 0.1) is 5.39 Å². The van der Waals surface area contributed by atoms with Crippen molar-refractivity contribution in [3.63, 3.8) is 0 Å². The summed E-state index contributed by atoms with van der Waals surface area (Å²) in [6.07, 6.45) is 3.54. The smallest absolute Gasteiger partial charge is 0.203 e. The molecule has 0 fully saturated rings. The van der Waals surface area contributed by atoms with Crippen LogP contribution in [0.25, 0.3) is 11.0 Å². The molecule has 4 aromatic rings. The van der Waals surface area contributed by atoms with Crippen molar-refractivity contribution in [2.75, 3.05) is 13.2 Å². The van der Waals surface area contributed by atoms with Crippen molar-refractivity contribution in [3.05, 3.63) is 89.2 Å². The first-order chi connectivity index (χ1) is 15.5. The fourth-order valence-electron chi connectivity index (χ4n) is 3.30. The monoisotopic (exact) mass is 442 g/mol. The molecule has 1 N–H and O–H groups in total. The van der Waals surface area contributed by atoms with Crippen LogP contribution >= 0.6 is 0 Å². The van der Waals surface area contributed by atoms with E-state index in [-0.39, 0.29) is 12.4 Å². The Balaban J connectivity index is 1.40. The molecule has 32 heavy (non-hydrogen) atoms. The second-order valence-corrected chi connectivity index (χ2v) is 7.13. The molecule has 0 aliphatic rings. The molecule has 0 aliphatic carbocycles. The Morgan fingerprint density at radius 3 is 2.66 bits per heavy atom. The molecule has 0 amide bonds. The Labute approximate surface area is 182 Å². The molecule has 2 aromatic carbocycles. The molecule has 8 heteroatoms. The van der Waals surface area contributed by atoms with Gasteiger partial charge in [-0.05, 0) is 42.8 Å². The van der Waals surface area contributed by atoms with Crippen LogP contribution in [0.15, 0.2) is 59.3 Å². The maximum Gasteiger partial charge on any atom is 0.203 e. The molecule has 0 saturated carbocycles. The van der Waals surface area contributed by atoms with E-state index in [1.54, 1.807) is 18.5 Å². The van der Waals surface area contributed by atoms with Gasteiger partial charge < -0.3 is 19.2 Å². The number of ether oxygens (including phenoxy) is 2. The highest BCUT2D eigenvalue weighted by Crippen LogP contribution is 2.34. The van der Waals surface area contributed by atoms with Crippen LogP contribution in [0, 0.1) is 24.4 Å². The maximum absolute atomic E-state index is 13.8. The molecule has 0 unspecified atom stereocenters. The van der Waals surface area contributed by atoms with Crippen molar-refractivity contribution in [2.45, 2.75) is 20.1 Å². The van der Waals surface area contributed by atoms with Crippen LogP contribution in [0.2, 0.25) is 0 Å². The van der Waals surface area contributed by atoms with E-state index in [4.69, 9.17) is 13.9 Å². The van der Waals surface area contributed by atoms with Crippen LogP contribution in [0.4, 0.5) is 13.2 Å². The van der Waals surface area contributed by atoms with Gasteiger partial charge in [-0.25, -0.2) is 8.78 Å². The molecular weight excluding hydrogens is 421 g/mol. The summed E-state index contributed by atoms with van der Waals surface area (Å²) in [7, 11) is 0. The molecule has 0 radical (unpaired) electrons. The Kier molecular flexibility index (Phi) is 6.61. The highest BCUT2D eigenvalue weighted by molar-refractivity contribution is 5.88. The summed E-state index contributed by atoms with van der Waals surface area (Å²) in [6.45, 7) is 3.45. The van der Waals surface area contributed by atoms with Crippen LogP contribution in [0.3, 0.4) is 0 Å². The normalized spacial score (nSPS) is 11.1. The summed E-state index contributed by atoms with van der Waals surface area (Å²) in [5.41, 5.74) is 2.44. The van der Waals surface area contributed by atoms with Gasteiger partial charge in [-0.2, -0.15) is 4.39 Å². The molecule has 0 aliphatic heterocycles. The Morgan fingerprint density at radius 1 is 0.969 bits per heavy atom. The first-order valence-electron chi connectivity index (χ1n) is 10.0. The van der Waals surface area contributed by atoms with E-state index in [1.807, 2.05) is 31.2 Å². The number of aryl methyl sites for hydroxylation is 1. The third-order valence-corrected chi connectivity index (χ3v) is 4.96. The number of fused-ring (bicyclic) bond motifs is 1. The van der Waals surface area contributed by atoms with Gasteiger partial charge >= 0.3 is 0 Å². The van der Waals surface area contributed by atoms with E-state index in [0.29, 0.717) is 36.8 Å². The minimum absolute atomic E-state index is 0.144. The predicted molar refractivity (Wildman–Crippen MR) is 113 cm³/mol. The van der Waals surface area contributed by atoms with Crippen LogP contribution in [0.1, 0.15) is 16.9 Å². The number of hydrogen-bond acceptors (Lipinski definition) is 5. The standard InChI is InChI=1S/C24H21F3N2O3/c1-15-21(14-31-20-8-7-17(25)23(26)24(20)27)32-19-6-2-5-18(22(15)19)30-11-10-29-13-16-4-3-9-28-12-16/h2-9,12,29H,10-11,13-14H2,1H3. The number of nitrogens with one attached hydrogen (secondary N) is 1. The maximum atomic E-state index is 13.8. The average Bonchev–Trinajstić information content (AvgIpc) is 3.14. The van der Waals surface area contributed by atoms with Gasteiger partial charge in [0.1, 0.15) is 30.3 Å². The fourth-order valence-corrected chi connectivity index (χ4v) is 3.30. The van der Waals surface area contributed by atoms with Crippen LogP contribution < -0.4 is 14.8 Å². The van der Waals surface area contributed by atoms with Gasteiger partial charge in [0.25, 0.3) is 0 Å². The molecule has 0 bridgehead atoms. The van der Waals surface area contributed by atoms with Crippen LogP contribution in [-0.2, 0) is 13.2 Å². The topological polar surface area (TPSA) is 56.5 Å². The lowest BCUT2D eigenvalue weighted by molar-refractivity contribution is 0.255. The van der Waals surface area contributed by atoms with Crippen LogP contribution in [-0.4, -0.2) is 18.1 Å². The molecule has 2 heterocycles. The second kappa shape index (κ2) is 9.74. The number of halogens is 3. The number of pyridine rings is 1. The largest absolute Gasteiger partial charge is 0.491 e. The van der Waals surface area contributed by atoms with Crippen molar-refractivity contribution in [3.8, 4) is 11.5 Å². The predicted octanol–water partition coefficient (Wildman–Crippen LogP) is 5.30. The van der Waals surface area contributed by atoms with Crippen molar-refractivity contribution < 1.29 is 27.1 Å². The molecule has 0 atom stereocenters. The number of benzene rings is 2.